The van der Waals surface area contributed by atoms with Crippen molar-refractivity contribution in [3.05, 3.63) is 76.0 Å². The van der Waals surface area contributed by atoms with Gasteiger partial charge in [0.2, 0.25) is 0 Å². The number of hydrogen-bond acceptors (Lipinski definition) is 2. The molecule has 0 saturated carbocycles. The van der Waals surface area contributed by atoms with E-state index in [4.69, 9.17) is 0 Å². The molecular weight excluding hydrogens is 454 g/mol. The molecule has 2 N–H and O–H groups in total. The highest BCUT2D eigenvalue weighted by Crippen LogP contribution is 2.38. The molecule has 2 amide bonds. The Balaban J connectivity index is 1.39. The van der Waals surface area contributed by atoms with Crippen molar-refractivity contribution in [1.29, 1.82) is 0 Å². The van der Waals surface area contributed by atoms with Gasteiger partial charge >= 0.3 is 0 Å². The first kappa shape index (κ1) is 19.8. The highest BCUT2D eigenvalue weighted by molar-refractivity contribution is 9.12. The predicted octanol–water partition coefficient (Wildman–Crippen LogP) is 5.32. The minimum Gasteiger partial charge on any atom is -0.358 e. The molecule has 6 heteroatoms. The van der Waals surface area contributed by atoms with E-state index < -0.39 is 0 Å². The molecule has 3 heterocycles. The Morgan fingerprint density at radius 3 is 2.32 bits per heavy atom. The van der Waals surface area contributed by atoms with Gasteiger partial charge in [-0.2, -0.15) is 0 Å². The number of para-hydroxylation sites is 2. The lowest BCUT2D eigenvalue weighted by atomic mass is 9.99. The number of H-pyrrole nitrogens is 2. The Kier molecular flexibility index (Phi) is 5.02. The second-order valence-electron chi connectivity index (χ2n) is 7.97. The molecule has 1 aliphatic heterocycles. The molecule has 0 radical (unpaired) electrons. The average Bonchev–Trinajstić information content (AvgIpc) is 3.41. The smallest absolute Gasteiger partial charge is 0.268 e. The third-order valence-corrected chi connectivity index (χ3v) is 6.71. The number of aromatic amines is 2. The molecule has 0 aliphatic carbocycles. The van der Waals surface area contributed by atoms with E-state index in [-0.39, 0.29) is 11.8 Å². The molecule has 0 fully saturated rings. The van der Waals surface area contributed by atoms with Gasteiger partial charge in [-0.25, -0.2) is 0 Å². The van der Waals surface area contributed by atoms with E-state index in [1.165, 1.54) is 28.5 Å². The molecule has 2 aromatic carbocycles. The van der Waals surface area contributed by atoms with Crippen molar-refractivity contribution >= 4 is 55.1 Å². The van der Waals surface area contributed by atoms with Crippen molar-refractivity contribution in [3.8, 4) is 0 Å². The standard InChI is InChI=1S/C25H22BrN3O2/c1-29-24(30)22(23(26)25(29)31)21-17-10-4-7-12-19(17)28-20(21)13-6-3-9-16-14-15-8-2-5-11-18(15)27-16/h2,4-5,7-8,10-12,14,27-28H,3,6,9,13H2,1H3. The number of nitrogens with one attached hydrogen (secondary N) is 2. The largest absolute Gasteiger partial charge is 0.358 e. The topological polar surface area (TPSA) is 69.0 Å². The Morgan fingerprint density at radius 2 is 1.58 bits per heavy atom. The summed E-state index contributed by atoms with van der Waals surface area (Å²) in [7, 11) is 1.52. The average molecular weight is 476 g/mol. The minimum absolute atomic E-state index is 0.263. The summed E-state index contributed by atoms with van der Waals surface area (Å²) >= 11 is 3.37. The number of halogens is 1. The Hall–Kier alpha value is -3.12. The zero-order chi connectivity index (χ0) is 21.5. The Bertz CT molecular complexity index is 1330. The van der Waals surface area contributed by atoms with Gasteiger partial charge < -0.3 is 9.97 Å². The Morgan fingerprint density at radius 1 is 0.871 bits per heavy atom. The van der Waals surface area contributed by atoms with Crippen LogP contribution in [0, 0.1) is 0 Å². The molecule has 4 aromatic rings. The minimum atomic E-state index is -0.296. The normalized spacial score (nSPS) is 14.6. The number of imide groups is 1. The summed E-state index contributed by atoms with van der Waals surface area (Å²) in [6.45, 7) is 0. The van der Waals surface area contributed by atoms with Gasteiger partial charge in [0.05, 0.1) is 10.1 Å². The van der Waals surface area contributed by atoms with Crippen LogP contribution in [0.5, 0.6) is 0 Å². The summed E-state index contributed by atoms with van der Waals surface area (Å²) < 4.78 is 0.337. The van der Waals surface area contributed by atoms with Crippen molar-refractivity contribution in [1.82, 2.24) is 14.9 Å². The summed E-state index contributed by atoms with van der Waals surface area (Å²) in [5, 5.41) is 2.21. The van der Waals surface area contributed by atoms with Crippen molar-refractivity contribution in [3.63, 3.8) is 0 Å². The first-order valence-electron chi connectivity index (χ1n) is 10.4. The lowest BCUT2D eigenvalue weighted by molar-refractivity contribution is -0.134. The quantitative estimate of drug-likeness (QED) is 0.292. The number of rotatable bonds is 6. The number of aromatic nitrogens is 2. The number of hydrogen-bond donors (Lipinski definition) is 2. The molecule has 0 spiro atoms. The van der Waals surface area contributed by atoms with Crippen LogP contribution in [-0.4, -0.2) is 33.7 Å². The van der Waals surface area contributed by atoms with Gasteiger partial charge in [-0.15, -0.1) is 0 Å². The van der Waals surface area contributed by atoms with Crippen LogP contribution in [0.15, 0.2) is 59.1 Å². The molecule has 0 bridgehead atoms. The third-order valence-electron chi connectivity index (χ3n) is 5.97. The van der Waals surface area contributed by atoms with Gasteiger partial charge in [-0.1, -0.05) is 36.4 Å². The third kappa shape index (κ3) is 3.41. The summed E-state index contributed by atoms with van der Waals surface area (Å²) in [6, 6.07) is 18.5. The summed E-state index contributed by atoms with van der Waals surface area (Å²) in [6.07, 6.45) is 3.77. The van der Waals surface area contributed by atoms with Crippen LogP contribution < -0.4 is 0 Å². The number of fused-ring (bicyclic) bond motifs is 2. The van der Waals surface area contributed by atoms with Crippen LogP contribution in [0.3, 0.4) is 0 Å². The monoisotopic (exact) mass is 475 g/mol. The number of carbonyl (C=O) groups is 2. The number of amides is 2. The highest BCUT2D eigenvalue weighted by Gasteiger charge is 2.37. The van der Waals surface area contributed by atoms with Gasteiger partial charge in [0.25, 0.3) is 11.8 Å². The van der Waals surface area contributed by atoms with Gasteiger partial charge in [-0.05, 0) is 65.2 Å². The van der Waals surface area contributed by atoms with Crippen LogP contribution in [0.25, 0.3) is 27.4 Å². The van der Waals surface area contributed by atoms with Gasteiger partial charge in [0.1, 0.15) is 0 Å². The zero-order valence-corrected chi connectivity index (χ0v) is 18.8. The first-order valence-corrected chi connectivity index (χ1v) is 11.2. The van der Waals surface area contributed by atoms with Crippen molar-refractivity contribution < 1.29 is 9.59 Å². The molecular formula is C25H22BrN3O2. The van der Waals surface area contributed by atoms with Crippen LogP contribution >= 0.6 is 15.9 Å². The molecule has 0 atom stereocenters. The molecule has 2 aromatic heterocycles. The van der Waals surface area contributed by atoms with E-state index in [1.807, 2.05) is 30.3 Å². The van der Waals surface area contributed by atoms with E-state index >= 15 is 0 Å². The van der Waals surface area contributed by atoms with Gasteiger partial charge in [0.15, 0.2) is 0 Å². The number of unbranched alkanes of at least 4 members (excludes halogenated alkanes) is 1. The number of aryl methyl sites for hydroxylation is 2. The van der Waals surface area contributed by atoms with Gasteiger partial charge in [-0.3, -0.25) is 14.5 Å². The van der Waals surface area contributed by atoms with Gasteiger partial charge in [0, 0.05) is 40.4 Å². The summed E-state index contributed by atoms with van der Waals surface area (Å²) in [5.74, 6) is -0.559. The van der Waals surface area contributed by atoms with E-state index in [1.54, 1.807) is 0 Å². The number of nitrogens with zero attached hydrogens (tertiary/aromatic N) is 1. The van der Waals surface area contributed by atoms with E-state index in [9.17, 15) is 9.59 Å². The first-order chi connectivity index (χ1) is 15.0. The molecule has 0 unspecified atom stereocenters. The molecule has 0 saturated heterocycles. The van der Waals surface area contributed by atoms with E-state index in [0.717, 1.165) is 47.8 Å². The fourth-order valence-corrected chi connectivity index (χ4v) is 5.01. The Labute approximate surface area is 188 Å². The van der Waals surface area contributed by atoms with Crippen molar-refractivity contribution in [2.75, 3.05) is 7.05 Å². The second kappa shape index (κ2) is 7.85. The lowest BCUT2D eigenvalue weighted by Gasteiger charge is -2.08. The number of likely N-dealkylation sites (N-methyl/N-ethyl adjacent to an activating group) is 1. The van der Waals surface area contributed by atoms with Crippen molar-refractivity contribution in [2.24, 2.45) is 0 Å². The maximum absolute atomic E-state index is 12.8. The SMILES string of the molecule is CN1C(=O)C(Br)=C(c2c(CCCCc3cc4ccccc4[nH]3)[nH]c3ccccc23)C1=O. The fraction of sp³-hybridized carbons (Fsp3) is 0.200. The lowest BCUT2D eigenvalue weighted by Crippen LogP contribution is -2.26. The highest BCUT2D eigenvalue weighted by atomic mass is 79.9. The van der Waals surface area contributed by atoms with Crippen molar-refractivity contribution in [2.45, 2.75) is 25.7 Å². The summed E-state index contributed by atoms with van der Waals surface area (Å²) in [4.78, 5) is 33.3. The number of carbonyl (C=O) groups excluding carboxylic acids is 2. The molecule has 5 nitrogen and oxygen atoms in total. The zero-order valence-electron chi connectivity index (χ0n) is 17.2. The molecule has 5 rings (SSSR count). The predicted molar refractivity (Wildman–Crippen MR) is 127 cm³/mol. The second-order valence-corrected chi connectivity index (χ2v) is 8.76. The maximum atomic E-state index is 12.8. The number of benzene rings is 2. The molecule has 31 heavy (non-hydrogen) atoms. The fourth-order valence-electron chi connectivity index (χ4n) is 4.38. The van der Waals surface area contributed by atoms with Crippen LogP contribution in [-0.2, 0) is 22.4 Å². The molecule has 1 aliphatic rings. The van der Waals surface area contributed by atoms with E-state index in [2.05, 4.69) is 50.2 Å². The summed E-state index contributed by atoms with van der Waals surface area (Å²) in [5.41, 5.74) is 5.68. The maximum Gasteiger partial charge on any atom is 0.268 e. The molecule has 156 valence electrons. The van der Waals surface area contributed by atoms with Crippen LogP contribution in [0.2, 0.25) is 0 Å². The van der Waals surface area contributed by atoms with E-state index in [0.29, 0.717) is 10.1 Å². The van der Waals surface area contributed by atoms with Crippen LogP contribution in [0.4, 0.5) is 0 Å². The van der Waals surface area contributed by atoms with Crippen LogP contribution in [0.1, 0.15) is 29.8 Å².